The summed E-state index contributed by atoms with van der Waals surface area (Å²) in [5, 5.41) is 0. The van der Waals surface area contributed by atoms with Gasteiger partial charge in [-0.25, -0.2) is 17.8 Å². The number of hydrogen-bond donors (Lipinski definition) is 0. The van der Waals surface area contributed by atoms with E-state index in [0.717, 1.165) is 67.2 Å². The third kappa shape index (κ3) is 6.15. The average molecular weight is 523 g/mol. The van der Waals surface area contributed by atoms with Crippen LogP contribution in [-0.4, -0.2) is 38.5 Å². The predicted octanol–water partition coefficient (Wildman–Crippen LogP) is 5.77. The zero-order chi connectivity index (χ0) is 26.2. The Morgan fingerprint density at radius 3 is 2.51 bits per heavy atom. The van der Waals surface area contributed by atoms with Crippen molar-refractivity contribution >= 4 is 15.7 Å². The number of aryl methyl sites for hydroxylation is 1. The second-order valence-electron chi connectivity index (χ2n) is 10.9. The molecule has 2 heterocycles. The number of anilines is 1. The first-order chi connectivity index (χ1) is 17.6. The lowest BCUT2D eigenvalue weighted by Gasteiger charge is -2.32. The number of piperidine rings is 1. The van der Waals surface area contributed by atoms with Gasteiger partial charge in [-0.15, -0.1) is 0 Å². The fourth-order valence-corrected chi connectivity index (χ4v) is 6.89. The SMILES string of the molecule is Cc1nc(N2CCC(CS(C)(=O)=O)CC2)ccc1-c1ccc(F)c(COc2ccc3c(c2)CC(C)C3)c1. The minimum atomic E-state index is -2.95. The number of halogens is 1. The molecule has 0 N–H and O–H groups in total. The molecule has 1 aromatic heterocycles. The van der Waals surface area contributed by atoms with Gasteiger partial charge in [0.2, 0.25) is 0 Å². The maximum atomic E-state index is 14.7. The van der Waals surface area contributed by atoms with E-state index in [9.17, 15) is 12.8 Å². The molecule has 1 fully saturated rings. The molecule has 1 unspecified atom stereocenters. The van der Waals surface area contributed by atoms with Crippen molar-refractivity contribution in [2.24, 2.45) is 11.8 Å². The van der Waals surface area contributed by atoms with Gasteiger partial charge in [0.1, 0.15) is 33.8 Å². The summed E-state index contributed by atoms with van der Waals surface area (Å²) in [6.07, 6.45) is 5.18. The van der Waals surface area contributed by atoms with E-state index >= 15 is 0 Å². The molecule has 1 aliphatic carbocycles. The van der Waals surface area contributed by atoms with E-state index in [0.29, 0.717) is 11.5 Å². The van der Waals surface area contributed by atoms with Gasteiger partial charge in [-0.2, -0.15) is 0 Å². The maximum Gasteiger partial charge on any atom is 0.147 e. The van der Waals surface area contributed by atoms with Crippen molar-refractivity contribution in [3.63, 3.8) is 0 Å². The van der Waals surface area contributed by atoms with Crippen molar-refractivity contribution in [1.82, 2.24) is 4.98 Å². The third-order valence-corrected chi connectivity index (χ3v) is 8.69. The van der Waals surface area contributed by atoms with Gasteiger partial charge in [0.05, 0.1) is 5.75 Å². The van der Waals surface area contributed by atoms with Gasteiger partial charge < -0.3 is 9.64 Å². The van der Waals surface area contributed by atoms with Crippen LogP contribution in [0.1, 0.15) is 42.1 Å². The number of aromatic nitrogens is 1. The van der Waals surface area contributed by atoms with Crippen LogP contribution in [0.15, 0.2) is 48.5 Å². The molecule has 3 aromatic rings. The Bertz CT molecular complexity index is 1400. The van der Waals surface area contributed by atoms with Crippen molar-refractivity contribution in [3.8, 4) is 16.9 Å². The lowest BCUT2D eigenvalue weighted by atomic mass is 9.98. The second-order valence-corrected chi connectivity index (χ2v) is 13.0. The van der Waals surface area contributed by atoms with Crippen LogP contribution in [0.25, 0.3) is 11.1 Å². The first-order valence-corrected chi connectivity index (χ1v) is 15.1. The normalized spacial score (nSPS) is 18.2. The van der Waals surface area contributed by atoms with E-state index in [-0.39, 0.29) is 24.1 Å². The van der Waals surface area contributed by atoms with Crippen LogP contribution >= 0.6 is 0 Å². The molecule has 7 heteroatoms. The van der Waals surface area contributed by atoms with E-state index in [1.165, 1.54) is 23.4 Å². The van der Waals surface area contributed by atoms with Crippen LogP contribution in [0.2, 0.25) is 0 Å². The fraction of sp³-hybridized carbons (Fsp3) is 0.433. The molecule has 1 aliphatic heterocycles. The van der Waals surface area contributed by atoms with Crippen molar-refractivity contribution in [1.29, 1.82) is 0 Å². The summed E-state index contributed by atoms with van der Waals surface area (Å²) in [6.45, 7) is 5.99. The monoisotopic (exact) mass is 522 g/mol. The Labute approximate surface area is 219 Å². The molecule has 0 saturated carbocycles. The molecule has 5 rings (SSSR count). The van der Waals surface area contributed by atoms with Gasteiger partial charge in [-0.05, 0) is 97.5 Å². The number of ether oxygens (including phenoxy) is 1. The summed E-state index contributed by atoms with van der Waals surface area (Å²) in [4.78, 5) is 7.06. The lowest BCUT2D eigenvalue weighted by Crippen LogP contribution is -2.36. The minimum absolute atomic E-state index is 0.168. The van der Waals surface area contributed by atoms with Gasteiger partial charge in [0.25, 0.3) is 0 Å². The highest BCUT2D eigenvalue weighted by molar-refractivity contribution is 7.90. The van der Waals surface area contributed by atoms with Gasteiger partial charge in [0, 0.05) is 36.2 Å². The van der Waals surface area contributed by atoms with Crippen molar-refractivity contribution in [2.75, 3.05) is 30.0 Å². The molecule has 1 atom stereocenters. The maximum absolute atomic E-state index is 14.7. The molecule has 0 spiro atoms. The van der Waals surface area contributed by atoms with Crippen LogP contribution < -0.4 is 9.64 Å². The number of sulfone groups is 1. The highest BCUT2D eigenvalue weighted by atomic mass is 32.2. The number of benzene rings is 2. The number of hydrogen-bond acceptors (Lipinski definition) is 5. The number of pyridine rings is 1. The van der Waals surface area contributed by atoms with Gasteiger partial charge in [0.15, 0.2) is 0 Å². The van der Waals surface area contributed by atoms with Crippen LogP contribution in [0, 0.1) is 24.6 Å². The Morgan fingerprint density at radius 1 is 1.03 bits per heavy atom. The zero-order valence-electron chi connectivity index (χ0n) is 21.8. The molecule has 0 bridgehead atoms. The largest absolute Gasteiger partial charge is 0.489 e. The molecule has 196 valence electrons. The summed E-state index contributed by atoms with van der Waals surface area (Å²) in [5.74, 6) is 2.53. The first-order valence-electron chi connectivity index (χ1n) is 13.1. The smallest absolute Gasteiger partial charge is 0.147 e. The molecular weight excluding hydrogens is 487 g/mol. The highest BCUT2D eigenvalue weighted by Crippen LogP contribution is 2.31. The first kappa shape index (κ1) is 25.7. The molecule has 37 heavy (non-hydrogen) atoms. The van der Waals surface area contributed by atoms with Gasteiger partial charge in [-0.1, -0.05) is 19.1 Å². The van der Waals surface area contributed by atoms with Crippen LogP contribution in [0.3, 0.4) is 0 Å². The molecule has 0 amide bonds. The van der Waals surface area contributed by atoms with E-state index in [1.807, 2.05) is 31.2 Å². The van der Waals surface area contributed by atoms with E-state index in [4.69, 9.17) is 9.72 Å². The van der Waals surface area contributed by atoms with Crippen molar-refractivity contribution in [3.05, 3.63) is 76.7 Å². The summed E-state index contributed by atoms with van der Waals surface area (Å²) >= 11 is 0. The summed E-state index contributed by atoms with van der Waals surface area (Å²) < 4.78 is 43.9. The summed E-state index contributed by atoms with van der Waals surface area (Å²) in [5.41, 5.74) is 5.98. The standard InChI is InChI=1S/C30H35FN2O3S/c1-20-14-23-4-6-27(17-25(23)15-20)36-18-26-16-24(5-8-29(26)31)28-7-9-30(32-21(28)2)33-12-10-22(11-13-33)19-37(3,34)35/h4-9,16-17,20,22H,10-15,18-19H2,1-3H3. The van der Waals surface area contributed by atoms with Gasteiger partial charge >= 0.3 is 0 Å². The van der Waals surface area contributed by atoms with Crippen LogP contribution in [0.4, 0.5) is 10.2 Å². The quantitative estimate of drug-likeness (QED) is 0.394. The molecule has 0 radical (unpaired) electrons. The fourth-order valence-electron chi connectivity index (χ4n) is 5.70. The van der Waals surface area contributed by atoms with E-state index in [1.54, 1.807) is 6.07 Å². The van der Waals surface area contributed by atoms with Crippen molar-refractivity contribution < 1.29 is 17.5 Å². The molecule has 1 saturated heterocycles. The van der Waals surface area contributed by atoms with Crippen molar-refractivity contribution in [2.45, 2.75) is 46.1 Å². The topological polar surface area (TPSA) is 59.5 Å². The van der Waals surface area contributed by atoms with E-state index < -0.39 is 9.84 Å². The predicted molar refractivity (Wildman–Crippen MR) is 146 cm³/mol. The Morgan fingerprint density at radius 2 is 1.78 bits per heavy atom. The van der Waals surface area contributed by atoms with E-state index in [2.05, 4.69) is 24.0 Å². The Balaban J connectivity index is 1.26. The number of fused-ring (bicyclic) bond motifs is 1. The minimum Gasteiger partial charge on any atom is -0.489 e. The highest BCUT2D eigenvalue weighted by Gasteiger charge is 2.24. The molecular formula is C30H35FN2O3S. The summed E-state index contributed by atoms with van der Waals surface area (Å²) in [6, 6.07) is 15.4. The second kappa shape index (κ2) is 10.4. The molecule has 2 aliphatic rings. The molecule has 5 nitrogen and oxygen atoms in total. The number of rotatable bonds is 7. The number of nitrogens with zero attached hydrogens (tertiary/aromatic N) is 2. The summed E-state index contributed by atoms with van der Waals surface area (Å²) in [7, 11) is -2.95. The lowest BCUT2D eigenvalue weighted by molar-refractivity contribution is 0.299. The van der Waals surface area contributed by atoms with Crippen LogP contribution in [0.5, 0.6) is 5.75 Å². The van der Waals surface area contributed by atoms with Crippen LogP contribution in [-0.2, 0) is 29.3 Å². The Hall–Kier alpha value is -2.93. The zero-order valence-corrected chi connectivity index (χ0v) is 22.7. The average Bonchev–Trinajstić information content (AvgIpc) is 3.22. The third-order valence-electron chi connectivity index (χ3n) is 7.61. The molecule has 2 aromatic carbocycles. The van der Waals surface area contributed by atoms with Gasteiger partial charge in [-0.3, -0.25) is 0 Å². The Kier molecular flexibility index (Phi) is 7.26.